The highest BCUT2D eigenvalue weighted by Gasteiger charge is 2.58. The van der Waals surface area contributed by atoms with Gasteiger partial charge in [-0.05, 0) is 67.6 Å². The molecular weight excluding hydrogens is 360 g/mol. The van der Waals surface area contributed by atoms with Crippen molar-refractivity contribution in [3.05, 3.63) is 60.2 Å². The zero-order valence-corrected chi connectivity index (χ0v) is 16.5. The van der Waals surface area contributed by atoms with E-state index in [-0.39, 0.29) is 29.6 Å². The number of rotatable bonds is 5. The van der Waals surface area contributed by atoms with Gasteiger partial charge in [-0.2, -0.15) is 0 Å². The number of amides is 1. The molecule has 2 aliphatic rings. The van der Waals surface area contributed by atoms with E-state index < -0.39 is 0 Å². The topological polar surface area (TPSA) is 41.6 Å². The number of carbonyl (C=O) groups is 1. The first-order valence-electron chi connectivity index (χ1n) is 9.42. The molecule has 1 amide bonds. The predicted octanol–water partition coefficient (Wildman–Crippen LogP) is 4.04. The van der Waals surface area contributed by atoms with E-state index in [1.807, 2.05) is 47.4 Å². The van der Waals surface area contributed by atoms with Crippen LogP contribution in [-0.2, 0) is 11.3 Å². The molecule has 1 saturated heterocycles. The number of methoxy groups -OCH3 is 1. The number of halogens is 1. The standard InChI is InChI=1S/C22H26N2O2.ClH/c1-26-19-9-7-18(8-10-19)24(16-17-5-3-2-4-6-17)21(25)20-15-22(20)11-13-23-14-12-22;/h2-10,20,23H,11-16H2,1H3;1H. The molecule has 4 rings (SSSR count). The van der Waals surface area contributed by atoms with Crippen molar-refractivity contribution in [2.45, 2.75) is 25.8 Å². The number of anilines is 1. The molecule has 2 aromatic rings. The lowest BCUT2D eigenvalue weighted by Crippen LogP contribution is -2.36. The van der Waals surface area contributed by atoms with Gasteiger partial charge in [-0.15, -0.1) is 12.4 Å². The molecule has 1 aliphatic carbocycles. The Hall–Kier alpha value is -2.04. The molecule has 1 aliphatic heterocycles. The second-order valence-corrected chi connectivity index (χ2v) is 7.48. The van der Waals surface area contributed by atoms with Crippen molar-refractivity contribution in [2.75, 3.05) is 25.1 Å². The van der Waals surface area contributed by atoms with Crippen molar-refractivity contribution in [2.24, 2.45) is 11.3 Å². The second-order valence-electron chi connectivity index (χ2n) is 7.48. The highest BCUT2D eigenvalue weighted by Crippen LogP contribution is 2.59. The summed E-state index contributed by atoms with van der Waals surface area (Å²) < 4.78 is 5.27. The summed E-state index contributed by atoms with van der Waals surface area (Å²) in [4.78, 5) is 15.4. The van der Waals surface area contributed by atoms with Gasteiger partial charge < -0.3 is 15.0 Å². The summed E-state index contributed by atoms with van der Waals surface area (Å²) in [5.41, 5.74) is 2.33. The van der Waals surface area contributed by atoms with Crippen LogP contribution in [-0.4, -0.2) is 26.1 Å². The number of nitrogens with zero attached hydrogens (tertiary/aromatic N) is 1. The van der Waals surface area contributed by atoms with Crippen LogP contribution in [0.15, 0.2) is 54.6 Å². The predicted molar refractivity (Wildman–Crippen MR) is 111 cm³/mol. The molecule has 1 atom stereocenters. The van der Waals surface area contributed by atoms with Crippen molar-refractivity contribution in [3.8, 4) is 5.75 Å². The molecule has 5 heteroatoms. The summed E-state index contributed by atoms with van der Waals surface area (Å²) in [6, 6.07) is 18.0. The molecule has 1 N–H and O–H groups in total. The summed E-state index contributed by atoms with van der Waals surface area (Å²) in [5, 5.41) is 3.41. The molecule has 1 saturated carbocycles. The molecule has 0 aromatic heterocycles. The Kier molecular flexibility index (Phi) is 6.08. The molecule has 4 nitrogen and oxygen atoms in total. The van der Waals surface area contributed by atoms with E-state index in [0.717, 1.165) is 49.4 Å². The summed E-state index contributed by atoms with van der Waals surface area (Å²) in [5.74, 6) is 1.23. The van der Waals surface area contributed by atoms with Crippen LogP contribution in [0, 0.1) is 11.3 Å². The molecule has 27 heavy (non-hydrogen) atoms. The molecule has 144 valence electrons. The summed E-state index contributed by atoms with van der Waals surface area (Å²) >= 11 is 0. The first-order valence-corrected chi connectivity index (χ1v) is 9.42. The minimum absolute atomic E-state index is 0. The lowest BCUT2D eigenvalue weighted by atomic mass is 9.91. The molecule has 1 heterocycles. The number of piperidine rings is 1. The monoisotopic (exact) mass is 386 g/mol. The van der Waals surface area contributed by atoms with Crippen molar-refractivity contribution in [1.29, 1.82) is 0 Å². The van der Waals surface area contributed by atoms with E-state index in [4.69, 9.17) is 4.74 Å². The summed E-state index contributed by atoms with van der Waals surface area (Å²) in [6.45, 7) is 2.67. The third-order valence-corrected chi connectivity index (χ3v) is 5.92. The normalized spacial score (nSPS) is 19.8. The smallest absolute Gasteiger partial charge is 0.230 e. The second kappa shape index (κ2) is 8.32. The molecule has 2 fully saturated rings. The van der Waals surface area contributed by atoms with Crippen LogP contribution in [0.2, 0.25) is 0 Å². The van der Waals surface area contributed by atoms with E-state index in [1.165, 1.54) is 0 Å². The third kappa shape index (κ3) is 4.12. The van der Waals surface area contributed by atoms with Gasteiger partial charge in [0.15, 0.2) is 0 Å². The third-order valence-electron chi connectivity index (χ3n) is 5.92. The minimum atomic E-state index is 0. The largest absolute Gasteiger partial charge is 0.497 e. The summed E-state index contributed by atoms with van der Waals surface area (Å²) in [7, 11) is 1.66. The zero-order valence-electron chi connectivity index (χ0n) is 15.7. The fourth-order valence-electron chi connectivity index (χ4n) is 4.19. The number of carbonyl (C=O) groups excluding carboxylic acids is 1. The maximum Gasteiger partial charge on any atom is 0.230 e. The Balaban J connectivity index is 0.00000210. The van der Waals surface area contributed by atoms with Crippen LogP contribution in [0.5, 0.6) is 5.75 Å². The van der Waals surface area contributed by atoms with E-state index in [2.05, 4.69) is 17.4 Å². The molecule has 0 bridgehead atoms. The highest BCUT2D eigenvalue weighted by atomic mass is 35.5. The van der Waals surface area contributed by atoms with Crippen molar-refractivity contribution >= 4 is 24.0 Å². The maximum absolute atomic E-state index is 13.4. The van der Waals surface area contributed by atoms with E-state index in [1.54, 1.807) is 7.11 Å². The van der Waals surface area contributed by atoms with E-state index in [0.29, 0.717) is 6.54 Å². The van der Waals surface area contributed by atoms with Crippen LogP contribution < -0.4 is 15.0 Å². The first kappa shape index (κ1) is 19.7. The fraction of sp³-hybridized carbons (Fsp3) is 0.409. The lowest BCUT2D eigenvalue weighted by molar-refractivity contribution is -0.120. The van der Waals surface area contributed by atoms with Crippen LogP contribution in [0.25, 0.3) is 0 Å². The van der Waals surface area contributed by atoms with Gasteiger partial charge in [0.2, 0.25) is 5.91 Å². The average Bonchev–Trinajstić information content (AvgIpc) is 3.40. The van der Waals surface area contributed by atoms with E-state index >= 15 is 0 Å². The quantitative estimate of drug-likeness (QED) is 0.843. The lowest BCUT2D eigenvalue weighted by Gasteiger charge is -2.27. The highest BCUT2D eigenvalue weighted by molar-refractivity contribution is 5.97. The number of hydrogen-bond acceptors (Lipinski definition) is 3. The van der Waals surface area contributed by atoms with Crippen LogP contribution in [0.3, 0.4) is 0 Å². The van der Waals surface area contributed by atoms with Crippen LogP contribution in [0.4, 0.5) is 5.69 Å². The van der Waals surface area contributed by atoms with Crippen LogP contribution >= 0.6 is 12.4 Å². The van der Waals surface area contributed by atoms with Gasteiger partial charge >= 0.3 is 0 Å². The van der Waals surface area contributed by atoms with Gasteiger partial charge in [0.25, 0.3) is 0 Å². The van der Waals surface area contributed by atoms with Gasteiger partial charge in [0.1, 0.15) is 5.75 Å². The molecular formula is C22H27ClN2O2. The fourth-order valence-corrected chi connectivity index (χ4v) is 4.19. The summed E-state index contributed by atoms with van der Waals surface area (Å²) in [6.07, 6.45) is 3.27. The van der Waals surface area contributed by atoms with Crippen molar-refractivity contribution < 1.29 is 9.53 Å². The number of nitrogens with one attached hydrogen (secondary N) is 1. The Morgan fingerprint density at radius 3 is 2.41 bits per heavy atom. The number of ether oxygens (including phenoxy) is 1. The Bertz CT molecular complexity index is 758. The van der Waals surface area contributed by atoms with Gasteiger partial charge in [-0.25, -0.2) is 0 Å². The minimum Gasteiger partial charge on any atom is -0.497 e. The average molecular weight is 387 g/mol. The SMILES string of the molecule is COc1ccc(N(Cc2ccccc2)C(=O)C2CC23CCNCC3)cc1.Cl. The van der Waals surface area contributed by atoms with E-state index in [9.17, 15) is 4.79 Å². The van der Waals surface area contributed by atoms with Gasteiger partial charge in [-0.3, -0.25) is 4.79 Å². The van der Waals surface area contributed by atoms with Gasteiger partial charge in [0.05, 0.1) is 13.7 Å². The van der Waals surface area contributed by atoms with Crippen molar-refractivity contribution in [3.63, 3.8) is 0 Å². The van der Waals surface area contributed by atoms with Gasteiger partial charge in [0, 0.05) is 11.6 Å². The van der Waals surface area contributed by atoms with Crippen molar-refractivity contribution in [1.82, 2.24) is 5.32 Å². The Morgan fingerprint density at radius 2 is 1.78 bits per heavy atom. The molecule has 0 radical (unpaired) electrons. The van der Waals surface area contributed by atoms with Gasteiger partial charge in [-0.1, -0.05) is 30.3 Å². The number of hydrogen-bond donors (Lipinski definition) is 1. The molecule has 2 aromatic carbocycles. The zero-order chi connectivity index (χ0) is 18.0. The molecule has 1 unspecified atom stereocenters. The first-order chi connectivity index (χ1) is 12.7. The van der Waals surface area contributed by atoms with Crippen LogP contribution in [0.1, 0.15) is 24.8 Å². The number of benzene rings is 2. The Labute approximate surface area is 167 Å². The maximum atomic E-state index is 13.4. The molecule has 1 spiro atoms. The Morgan fingerprint density at radius 1 is 1.11 bits per heavy atom.